The monoisotopic (exact) mass is 670 g/mol. The highest BCUT2D eigenvalue weighted by Crippen LogP contribution is 2.51. The van der Waals surface area contributed by atoms with E-state index in [-0.39, 0.29) is 35.4 Å². The van der Waals surface area contributed by atoms with Gasteiger partial charge >= 0.3 is 24.4 Å². The third kappa shape index (κ3) is 5.93. The van der Waals surface area contributed by atoms with Crippen LogP contribution in [0.1, 0.15) is 68.7 Å². The van der Waals surface area contributed by atoms with Crippen LogP contribution < -0.4 is 4.74 Å². The summed E-state index contributed by atoms with van der Waals surface area (Å²) in [4.78, 5) is 30.6. The number of carboxylic acid groups (broad SMARTS) is 1. The Bertz CT molecular complexity index is 1940. The quantitative estimate of drug-likeness (QED) is 0.206. The average Bonchev–Trinajstić information content (AvgIpc) is 3.60. The molecule has 0 bridgehead atoms. The third-order valence-electron chi connectivity index (χ3n) is 8.83. The summed E-state index contributed by atoms with van der Waals surface area (Å²) in [6.45, 7) is 3.21. The van der Waals surface area contributed by atoms with Crippen LogP contribution in [0, 0.1) is 13.8 Å². The first-order valence-corrected chi connectivity index (χ1v) is 14.8. The van der Waals surface area contributed by atoms with Crippen LogP contribution in [0.3, 0.4) is 0 Å². The van der Waals surface area contributed by atoms with E-state index in [2.05, 4.69) is 4.98 Å². The lowest BCUT2D eigenvalue weighted by Crippen LogP contribution is -2.31. The van der Waals surface area contributed by atoms with E-state index in [1.165, 1.54) is 49.4 Å². The van der Waals surface area contributed by atoms with E-state index in [9.17, 15) is 41.0 Å². The fourth-order valence-corrected chi connectivity index (χ4v) is 6.72. The molecule has 2 saturated heterocycles. The highest BCUT2D eigenvalue weighted by atomic mass is 19.4. The van der Waals surface area contributed by atoms with Gasteiger partial charge in [0.15, 0.2) is 0 Å². The molecular weight excluding hydrogens is 642 g/mol. The van der Waals surface area contributed by atoms with Crippen molar-refractivity contribution in [3.05, 3.63) is 106 Å². The predicted octanol–water partition coefficient (Wildman–Crippen LogP) is 9.17. The zero-order valence-electron chi connectivity index (χ0n) is 25.7. The van der Waals surface area contributed by atoms with Crippen molar-refractivity contribution >= 4 is 12.1 Å². The van der Waals surface area contributed by atoms with Crippen LogP contribution in [0.15, 0.2) is 66.9 Å². The van der Waals surface area contributed by atoms with Crippen molar-refractivity contribution < 1.29 is 50.5 Å². The molecule has 1 amide bonds. The minimum atomic E-state index is -4.72. The number of hydrogen-bond acceptors (Lipinski definition) is 5. The van der Waals surface area contributed by atoms with Gasteiger partial charge in [-0.15, -0.1) is 0 Å². The van der Waals surface area contributed by atoms with Crippen molar-refractivity contribution in [2.24, 2.45) is 0 Å². The SMILES string of the molecule is COc1ncc(-c2ccc(C(=O)O)cc2C)cc1-c1ccc(C(F)(F)F)cc1[C@@H]1CC[C@H]2[C@@H](c3cc(C)cc(C(F)(F)F)c3)OC(=O)N12. The van der Waals surface area contributed by atoms with Gasteiger partial charge in [0.05, 0.1) is 35.9 Å². The molecule has 2 aliphatic heterocycles. The molecule has 1 N–H and O–H groups in total. The van der Waals surface area contributed by atoms with Gasteiger partial charge in [-0.25, -0.2) is 14.6 Å². The van der Waals surface area contributed by atoms with Gasteiger partial charge in [-0.2, -0.15) is 26.3 Å². The second-order valence-corrected chi connectivity index (χ2v) is 11.9. The lowest BCUT2D eigenvalue weighted by molar-refractivity contribution is -0.138. The lowest BCUT2D eigenvalue weighted by Gasteiger charge is -2.26. The number of amides is 1. The first-order valence-electron chi connectivity index (χ1n) is 14.8. The molecule has 4 aromatic rings. The summed E-state index contributed by atoms with van der Waals surface area (Å²) >= 11 is 0. The van der Waals surface area contributed by atoms with E-state index < -0.39 is 53.7 Å². The molecular formula is C35H28F6N2O5. The van der Waals surface area contributed by atoms with Crippen LogP contribution in [0.5, 0.6) is 5.88 Å². The molecule has 7 nitrogen and oxygen atoms in total. The van der Waals surface area contributed by atoms with Crippen LogP contribution in [0.25, 0.3) is 22.3 Å². The molecule has 13 heteroatoms. The highest BCUT2D eigenvalue weighted by molar-refractivity contribution is 5.89. The number of cyclic esters (lactones) is 1. The molecule has 48 heavy (non-hydrogen) atoms. The molecule has 250 valence electrons. The fraction of sp³-hybridized carbons (Fsp3) is 0.286. The largest absolute Gasteiger partial charge is 0.481 e. The van der Waals surface area contributed by atoms with Crippen LogP contribution in [0.2, 0.25) is 0 Å². The number of carbonyl (C=O) groups excluding carboxylic acids is 1. The minimum absolute atomic E-state index is 0.0786. The Morgan fingerprint density at radius 3 is 2.25 bits per heavy atom. The number of aromatic carboxylic acids is 1. The topological polar surface area (TPSA) is 89.0 Å². The standard InChI is InChI=1S/C35H28F6N2O5/c1-17-10-20(13-23(11-17)35(39,40)41)30-29-9-8-28(43(29)33(46)48-30)26-15-22(34(36,37)38)5-7-25(26)27-14-21(16-42-31(27)47-3)24-6-4-19(32(44)45)12-18(24)2/h4-7,10-16,28-30H,8-9H2,1-3H3,(H,44,45)/t28-,29-,30+/m0/s1. The number of nitrogens with zero attached hydrogens (tertiary/aromatic N) is 2. The van der Waals surface area contributed by atoms with E-state index in [4.69, 9.17) is 9.47 Å². The van der Waals surface area contributed by atoms with Gasteiger partial charge in [-0.3, -0.25) is 4.90 Å². The first kappa shape index (κ1) is 32.9. The zero-order chi connectivity index (χ0) is 34.7. The van der Waals surface area contributed by atoms with Crippen molar-refractivity contribution in [3.63, 3.8) is 0 Å². The first-order chi connectivity index (χ1) is 22.6. The van der Waals surface area contributed by atoms with Gasteiger partial charge in [0, 0.05) is 17.3 Å². The molecule has 0 saturated carbocycles. The number of aromatic nitrogens is 1. The molecule has 0 aliphatic carbocycles. The summed E-state index contributed by atoms with van der Waals surface area (Å²) in [5, 5.41) is 9.38. The smallest absolute Gasteiger partial charge is 0.416 e. The number of halogens is 6. The van der Waals surface area contributed by atoms with E-state index in [0.717, 1.165) is 24.3 Å². The van der Waals surface area contributed by atoms with Gasteiger partial charge in [0.1, 0.15) is 6.10 Å². The highest BCUT2D eigenvalue weighted by Gasteiger charge is 2.51. The Morgan fingerprint density at radius 2 is 1.60 bits per heavy atom. The number of hydrogen-bond donors (Lipinski definition) is 1. The van der Waals surface area contributed by atoms with Gasteiger partial charge < -0.3 is 14.6 Å². The molecule has 0 spiro atoms. The second-order valence-electron chi connectivity index (χ2n) is 11.9. The molecule has 3 atom stereocenters. The van der Waals surface area contributed by atoms with Crippen molar-refractivity contribution in [1.29, 1.82) is 0 Å². The lowest BCUT2D eigenvalue weighted by atomic mass is 9.90. The Balaban J connectivity index is 1.46. The maximum absolute atomic E-state index is 14.1. The Morgan fingerprint density at radius 1 is 0.896 bits per heavy atom. The molecule has 0 unspecified atom stereocenters. The van der Waals surface area contributed by atoms with Gasteiger partial charge in [0.2, 0.25) is 5.88 Å². The van der Waals surface area contributed by atoms with Crippen molar-refractivity contribution in [2.45, 2.75) is 57.2 Å². The van der Waals surface area contributed by atoms with E-state index in [1.807, 2.05) is 0 Å². The Hall–Kier alpha value is -5.07. The fourth-order valence-electron chi connectivity index (χ4n) is 6.72. The predicted molar refractivity (Wildman–Crippen MR) is 161 cm³/mol. The zero-order valence-corrected chi connectivity index (χ0v) is 25.7. The normalized spacial score (nSPS) is 19.3. The van der Waals surface area contributed by atoms with Crippen LogP contribution in [-0.2, 0) is 17.1 Å². The number of alkyl halides is 6. The number of pyridine rings is 1. The number of aryl methyl sites for hydroxylation is 2. The molecule has 6 rings (SSSR count). The number of methoxy groups -OCH3 is 1. The van der Waals surface area contributed by atoms with Crippen molar-refractivity contribution in [1.82, 2.24) is 9.88 Å². The number of carbonyl (C=O) groups is 2. The molecule has 3 aromatic carbocycles. The van der Waals surface area contributed by atoms with Crippen LogP contribution in [0.4, 0.5) is 31.1 Å². The summed E-state index contributed by atoms with van der Waals surface area (Å²) in [5.41, 5.74) is 1.24. The third-order valence-corrected chi connectivity index (χ3v) is 8.83. The summed E-state index contributed by atoms with van der Waals surface area (Å²) in [7, 11) is 1.35. The van der Waals surface area contributed by atoms with Gasteiger partial charge in [-0.1, -0.05) is 23.8 Å². The van der Waals surface area contributed by atoms with E-state index >= 15 is 0 Å². The van der Waals surface area contributed by atoms with Gasteiger partial charge in [0.25, 0.3) is 0 Å². The molecule has 2 fully saturated rings. The van der Waals surface area contributed by atoms with Crippen molar-refractivity contribution in [2.75, 3.05) is 7.11 Å². The Kier molecular flexibility index (Phi) is 8.12. The minimum Gasteiger partial charge on any atom is -0.481 e. The van der Waals surface area contributed by atoms with Crippen molar-refractivity contribution in [3.8, 4) is 28.1 Å². The Labute approximate surface area is 270 Å². The number of fused-ring (bicyclic) bond motifs is 1. The maximum Gasteiger partial charge on any atom is 0.416 e. The molecule has 2 aliphatic rings. The van der Waals surface area contributed by atoms with E-state index in [1.54, 1.807) is 19.1 Å². The maximum atomic E-state index is 14.1. The van der Waals surface area contributed by atoms with E-state index in [0.29, 0.717) is 33.4 Å². The average molecular weight is 671 g/mol. The summed E-state index contributed by atoms with van der Waals surface area (Å²) < 4.78 is 94.2. The summed E-state index contributed by atoms with van der Waals surface area (Å²) in [6.07, 6.45) is -9.29. The molecule has 0 radical (unpaired) electrons. The number of ether oxygens (including phenoxy) is 2. The van der Waals surface area contributed by atoms with Crippen LogP contribution >= 0.6 is 0 Å². The van der Waals surface area contributed by atoms with Gasteiger partial charge in [-0.05, 0) is 97.0 Å². The molecule has 1 aromatic heterocycles. The van der Waals surface area contributed by atoms with Crippen LogP contribution in [-0.4, -0.2) is 40.2 Å². The number of carboxylic acids is 1. The second kappa shape index (κ2) is 11.9. The number of rotatable bonds is 6. The summed E-state index contributed by atoms with van der Waals surface area (Å²) in [6, 6.07) is 11.2. The summed E-state index contributed by atoms with van der Waals surface area (Å²) in [5.74, 6) is -1.01. The molecule has 3 heterocycles. The number of benzene rings is 3.